The van der Waals surface area contributed by atoms with Gasteiger partial charge in [-0.25, -0.2) is 4.39 Å². The van der Waals surface area contributed by atoms with Gasteiger partial charge in [-0.1, -0.05) is 24.1 Å². The average molecular weight is 432 g/mol. The van der Waals surface area contributed by atoms with Crippen molar-refractivity contribution in [3.05, 3.63) is 41.7 Å². The summed E-state index contributed by atoms with van der Waals surface area (Å²) in [4.78, 5) is 31.1. The normalized spacial score (nSPS) is 20.3. The van der Waals surface area contributed by atoms with Crippen molar-refractivity contribution in [1.82, 2.24) is 9.88 Å². The second-order valence-electron chi connectivity index (χ2n) is 8.95. The first-order valence-electron chi connectivity index (χ1n) is 10.9. The number of hydrogen-bond donors (Lipinski definition) is 2. The van der Waals surface area contributed by atoms with Crippen molar-refractivity contribution in [3.8, 4) is 11.8 Å². The maximum absolute atomic E-state index is 15.6. The number of amides is 2. The molecular weight excluding hydrogens is 407 g/mol. The highest BCUT2D eigenvalue weighted by atomic mass is 19.1. The van der Waals surface area contributed by atoms with Crippen LogP contribution < -0.4 is 10.6 Å². The third-order valence-electron chi connectivity index (χ3n) is 6.87. The van der Waals surface area contributed by atoms with Gasteiger partial charge in [0.1, 0.15) is 5.82 Å². The summed E-state index contributed by atoms with van der Waals surface area (Å²) in [5.41, 5.74) is 8.14. The number of primary amides is 1. The minimum absolute atomic E-state index is 0.0278. The summed E-state index contributed by atoms with van der Waals surface area (Å²) in [6.45, 7) is 4.39. The number of likely N-dealkylation sites (tertiary alicyclic amines) is 1. The number of H-pyrrole nitrogens is 1. The predicted molar refractivity (Wildman–Crippen MR) is 123 cm³/mol. The highest BCUT2D eigenvalue weighted by molar-refractivity contribution is 6.15. The monoisotopic (exact) mass is 432 g/mol. The zero-order chi connectivity index (χ0) is 22.5. The van der Waals surface area contributed by atoms with E-state index in [0.717, 1.165) is 34.6 Å². The third-order valence-corrected chi connectivity index (χ3v) is 6.87. The Bertz CT molecular complexity index is 1320. The van der Waals surface area contributed by atoms with E-state index in [1.54, 1.807) is 6.92 Å². The first-order chi connectivity index (χ1) is 15.4. The van der Waals surface area contributed by atoms with Gasteiger partial charge in [0, 0.05) is 47.9 Å². The fourth-order valence-electron chi connectivity index (χ4n) is 5.43. The van der Waals surface area contributed by atoms with Gasteiger partial charge in [-0.3, -0.25) is 9.59 Å². The molecule has 1 unspecified atom stereocenters. The van der Waals surface area contributed by atoms with Crippen LogP contribution in [0.5, 0.6) is 0 Å². The number of nitrogens with two attached hydrogens (primary N) is 1. The number of nitrogens with zero attached hydrogens (tertiary/aromatic N) is 2. The van der Waals surface area contributed by atoms with Crippen LogP contribution in [0.25, 0.3) is 21.8 Å². The van der Waals surface area contributed by atoms with E-state index in [4.69, 9.17) is 5.73 Å². The summed E-state index contributed by atoms with van der Waals surface area (Å²) in [6.07, 6.45) is 1.75. The Balaban J connectivity index is 1.56. The summed E-state index contributed by atoms with van der Waals surface area (Å²) < 4.78 is 15.6. The second-order valence-corrected chi connectivity index (χ2v) is 8.95. The molecule has 2 fully saturated rings. The van der Waals surface area contributed by atoms with Crippen molar-refractivity contribution in [2.75, 3.05) is 31.1 Å². The number of aromatic nitrogens is 1. The van der Waals surface area contributed by atoms with E-state index in [1.807, 2.05) is 29.2 Å². The molecule has 5 rings (SSSR count). The molecule has 2 aliphatic rings. The molecule has 3 N–H and O–H groups in total. The lowest BCUT2D eigenvalue weighted by molar-refractivity contribution is -0.124. The number of para-hydroxylation sites is 1. The van der Waals surface area contributed by atoms with Crippen LogP contribution in [0.4, 0.5) is 10.1 Å². The second kappa shape index (κ2) is 7.56. The molecule has 2 aromatic carbocycles. The van der Waals surface area contributed by atoms with Gasteiger partial charge in [0.25, 0.3) is 5.91 Å². The van der Waals surface area contributed by atoms with Crippen molar-refractivity contribution in [2.24, 2.45) is 11.1 Å². The molecule has 7 heteroatoms. The van der Waals surface area contributed by atoms with Crippen LogP contribution in [-0.4, -0.2) is 47.9 Å². The first kappa shape index (κ1) is 20.4. The Labute approximate surface area is 185 Å². The van der Waals surface area contributed by atoms with Gasteiger partial charge in [0.15, 0.2) is 0 Å². The zero-order valence-corrected chi connectivity index (χ0v) is 18.0. The number of nitrogens with one attached hydrogen (secondary N) is 1. The Hall–Kier alpha value is -3.53. The van der Waals surface area contributed by atoms with Crippen LogP contribution in [0.1, 0.15) is 25.3 Å². The van der Waals surface area contributed by atoms with Crippen molar-refractivity contribution in [3.63, 3.8) is 0 Å². The molecule has 0 saturated carbocycles. The Morgan fingerprint density at radius 3 is 2.78 bits per heavy atom. The number of rotatable bonds is 3. The molecule has 0 radical (unpaired) electrons. The van der Waals surface area contributed by atoms with Crippen molar-refractivity contribution in [1.29, 1.82) is 0 Å². The molecule has 0 aliphatic carbocycles. The van der Waals surface area contributed by atoms with Crippen LogP contribution in [0.3, 0.4) is 0 Å². The molecule has 1 aromatic heterocycles. The van der Waals surface area contributed by atoms with Gasteiger partial charge in [-0.2, -0.15) is 0 Å². The molecule has 3 heterocycles. The van der Waals surface area contributed by atoms with Crippen molar-refractivity contribution in [2.45, 2.75) is 26.2 Å². The number of carbonyl (C=O) groups is 2. The molecule has 2 amide bonds. The quantitative estimate of drug-likeness (QED) is 0.625. The fourth-order valence-corrected chi connectivity index (χ4v) is 5.43. The van der Waals surface area contributed by atoms with Crippen LogP contribution >= 0.6 is 0 Å². The minimum atomic E-state index is -0.497. The highest BCUT2D eigenvalue weighted by Crippen LogP contribution is 2.45. The molecule has 0 bridgehead atoms. The van der Waals surface area contributed by atoms with Crippen LogP contribution in [-0.2, 0) is 16.0 Å². The highest BCUT2D eigenvalue weighted by Gasteiger charge is 2.45. The van der Waals surface area contributed by atoms with E-state index in [0.29, 0.717) is 37.4 Å². The molecule has 164 valence electrons. The van der Waals surface area contributed by atoms with E-state index < -0.39 is 5.91 Å². The molecular formula is C25H25FN4O2. The predicted octanol–water partition coefficient (Wildman–Crippen LogP) is 2.94. The molecule has 2 aliphatic heterocycles. The maximum atomic E-state index is 15.6. The van der Waals surface area contributed by atoms with Gasteiger partial charge < -0.3 is 20.5 Å². The SMILES string of the molecule is CC#CC(=O)N1CCC2(CCN(c3c(F)cc(CC(N)=O)c4[nH]c5ccccc5c34)C2)C1. The van der Waals surface area contributed by atoms with Gasteiger partial charge in [-0.15, -0.1) is 0 Å². The number of aromatic amines is 1. The average Bonchev–Trinajstić information content (AvgIpc) is 3.46. The number of carbonyl (C=O) groups excluding carboxylic acids is 2. The lowest BCUT2D eigenvalue weighted by Crippen LogP contribution is -2.33. The van der Waals surface area contributed by atoms with Gasteiger partial charge in [0.2, 0.25) is 5.91 Å². The number of benzene rings is 2. The standard InChI is InChI=1S/C25H25FN4O2/c1-2-5-21(32)29-10-8-25(14-29)9-11-30(15-25)24-18(26)12-16(13-20(27)31)23-22(24)17-6-3-4-7-19(17)28-23/h3-4,6-7,12,28H,8-11,13-15H2,1H3,(H2,27,31). The van der Waals surface area contributed by atoms with E-state index in [1.165, 1.54) is 6.07 Å². The van der Waals surface area contributed by atoms with Gasteiger partial charge >= 0.3 is 0 Å². The minimum Gasteiger partial charge on any atom is -0.369 e. The van der Waals surface area contributed by atoms with Gasteiger partial charge in [0.05, 0.1) is 17.6 Å². The van der Waals surface area contributed by atoms with Crippen LogP contribution in [0.15, 0.2) is 30.3 Å². The van der Waals surface area contributed by atoms with Gasteiger partial charge in [-0.05, 0) is 43.4 Å². The summed E-state index contributed by atoms with van der Waals surface area (Å²) in [7, 11) is 0. The molecule has 3 aromatic rings. The molecule has 32 heavy (non-hydrogen) atoms. The summed E-state index contributed by atoms with van der Waals surface area (Å²) in [5, 5.41) is 1.71. The van der Waals surface area contributed by atoms with E-state index in [2.05, 4.69) is 21.7 Å². The molecule has 1 spiro atoms. The smallest absolute Gasteiger partial charge is 0.298 e. The van der Waals surface area contributed by atoms with Crippen LogP contribution in [0.2, 0.25) is 0 Å². The summed E-state index contributed by atoms with van der Waals surface area (Å²) in [5.74, 6) is 4.33. The largest absolute Gasteiger partial charge is 0.369 e. The molecule has 1 atom stereocenters. The van der Waals surface area contributed by atoms with E-state index in [-0.39, 0.29) is 23.6 Å². The Morgan fingerprint density at radius 2 is 2.00 bits per heavy atom. The van der Waals surface area contributed by atoms with E-state index in [9.17, 15) is 9.59 Å². The lowest BCUT2D eigenvalue weighted by Gasteiger charge is -2.26. The Kier molecular flexibility index (Phi) is 4.81. The maximum Gasteiger partial charge on any atom is 0.298 e. The summed E-state index contributed by atoms with van der Waals surface area (Å²) in [6, 6.07) is 9.21. The van der Waals surface area contributed by atoms with Crippen LogP contribution in [0, 0.1) is 23.1 Å². The zero-order valence-electron chi connectivity index (χ0n) is 18.0. The number of hydrogen-bond acceptors (Lipinski definition) is 3. The third kappa shape index (κ3) is 3.27. The number of halogens is 1. The fraction of sp³-hybridized carbons (Fsp3) is 0.360. The lowest BCUT2D eigenvalue weighted by atomic mass is 9.86. The number of fused-ring (bicyclic) bond motifs is 3. The first-order valence-corrected chi connectivity index (χ1v) is 10.9. The van der Waals surface area contributed by atoms with E-state index >= 15 is 4.39 Å². The number of anilines is 1. The molecule has 2 saturated heterocycles. The van der Waals surface area contributed by atoms with Crippen molar-refractivity contribution >= 4 is 39.3 Å². The summed E-state index contributed by atoms with van der Waals surface area (Å²) >= 11 is 0. The van der Waals surface area contributed by atoms with Crippen molar-refractivity contribution < 1.29 is 14.0 Å². The molecule has 6 nitrogen and oxygen atoms in total. The topological polar surface area (TPSA) is 82.4 Å². The Morgan fingerprint density at radius 1 is 1.22 bits per heavy atom.